The first-order chi connectivity index (χ1) is 11.8. The molecule has 2 heteroatoms. The fourth-order valence-corrected chi connectivity index (χ4v) is 2.44. The third kappa shape index (κ3) is 7.57. The summed E-state index contributed by atoms with van der Waals surface area (Å²) < 4.78 is 6.00. The van der Waals surface area contributed by atoms with Crippen molar-refractivity contribution in [2.24, 2.45) is 0 Å². The Balaban J connectivity index is 0.00000151. The van der Waals surface area contributed by atoms with Crippen molar-refractivity contribution in [3.05, 3.63) is 83.6 Å². The zero-order valence-electron chi connectivity index (χ0n) is 16.6. The molecule has 0 saturated heterocycles. The maximum atomic E-state index is 6.00. The number of hydrogen-bond donors (Lipinski definition) is 1. The predicted octanol–water partition coefficient (Wildman–Crippen LogP) is 6.18. The summed E-state index contributed by atoms with van der Waals surface area (Å²) in [5.41, 5.74) is 3.43. The van der Waals surface area contributed by atoms with Gasteiger partial charge in [-0.15, -0.1) is 0 Å². The Morgan fingerprint density at radius 1 is 1.00 bits per heavy atom. The Labute approximate surface area is 153 Å². The number of benzene rings is 2. The molecular formula is C23H33NO. The quantitative estimate of drug-likeness (QED) is 0.634. The third-order valence-electron chi connectivity index (χ3n) is 3.52. The van der Waals surface area contributed by atoms with E-state index < -0.39 is 0 Å². The Morgan fingerprint density at radius 2 is 1.56 bits per heavy atom. The molecule has 0 aliphatic carbocycles. The molecule has 1 atom stereocenters. The van der Waals surface area contributed by atoms with Crippen LogP contribution in [0.1, 0.15) is 57.4 Å². The molecule has 2 nitrogen and oxygen atoms in total. The van der Waals surface area contributed by atoms with Crippen LogP contribution in [0.25, 0.3) is 0 Å². The van der Waals surface area contributed by atoms with Gasteiger partial charge in [-0.25, -0.2) is 0 Å². The summed E-state index contributed by atoms with van der Waals surface area (Å²) in [6.07, 6.45) is 0. The maximum absolute atomic E-state index is 6.00. The number of nitrogens with one attached hydrogen (secondary N) is 1. The summed E-state index contributed by atoms with van der Waals surface area (Å²) in [7, 11) is 0. The van der Waals surface area contributed by atoms with Gasteiger partial charge in [-0.05, 0) is 38.8 Å². The van der Waals surface area contributed by atoms with Gasteiger partial charge in [0.15, 0.2) is 0 Å². The molecule has 2 aromatic rings. The van der Waals surface area contributed by atoms with E-state index >= 15 is 0 Å². The number of hydrogen-bond acceptors (Lipinski definition) is 2. The largest absolute Gasteiger partial charge is 0.491 e. The number of aryl methyl sites for hydroxylation is 1. The highest BCUT2D eigenvalue weighted by molar-refractivity contribution is 5.26. The van der Waals surface area contributed by atoms with Crippen molar-refractivity contribution in [1.29, 1.82) is 0 Å². The molecule has 0 aliphatic heterocycles. The first-order valence-electron chi connectivity index (χ1n) is 9.07. The van der Waals surface area contributed by atoms with Gasteiger partial charge in [0.25, 0.3) is 0 Å². The minimum atomic E-state index is -0.254. The summed E-state index contributed by atoms with van der Waals surface area (Å²) in [6, 6.07) is 18.8. The summed E-state index contributed by atoms with van der Waals surface area (Å²) in [5.74, 6) is 0.746. The van der Waals surface area contributed by atoms with E-state index in [1.807, 2.05) is 52.8 Å². The van der Waals surface area contributed by atoms with E-state index in [1.165, 1.54) is 11.1 Å². The summed E-state index contributed by atoms with van der Waals surface area (Å²) in [5, 5.41) is 3.57. The van der Waals surface area contributed by atoms with Gasteiger partial charge in [0.05, 0.1) is 6.04 Å². The predicted molar refractivity (Wildman–Crippen MR) is 109 cm³/mol. The highest BCUT2D eigenvalue weighted by atomic mass is 16.5. The van der Waals surface area contributed by atoms with Gasteiger partial charge < -0.3 is 4.74 Å². The van der Waals surface area contributed by atoms with E-state index in [2.05, 4.69) is 55.2 Å². The van der Waals surface area contributed by atoms with Crippen LogP contribution in [0.15, 0.2) is 66.9 Å². The standard InChI is InChI=1S/C21H27NO.C2H6/c1-16-11-13-18(14-12-16)15-22-20(17(2)23-21(3,4)5)19-9-7-6-8-10-19;1-2/h6-14,20,22H,2,15H2,1,3-5H3;1-2H3. The minimum Gasteiger partial charge on any atom is -0.491 e. The van der Waals surface area contributed by atoms with Gasteiger partial charge in [-0.1, -0.05) is 80.6 Å². The average Bonchev–Trinajstić information content (AvgIpc) is 2.58. The first kappa shape index (κ1) is 21.0. The van der Waals surface area contributed by atoms with Crippen molar-refractivity contribution in [3.8, 4) is 0 Å². The maximum Gasteiger partial charge on any atom is 0.111 e. The lowest BCUT2D eigenvalue weighted by Crippen LogP contribution is -2.28. The van der Waals surface area contributed by atoms with Crippen molar-refractivity contribution in [2.75, 3.05) is 0 Å². The molecule has 1 unspecified atom stereocenters. The summed E-state index contributed by atoms with van der Waals surface area (Å²) in [4.78, 5) is 0. The van der Waals surface area contributed by atoms with Crippen LogP contribution >= 0.6 is 0 Å². The first-order valence-corrected chi connectivity index (χ1v) is 9.07. The second-order valence-electron chi connectivity index (χ2n) is 6.89. The SMILES string of the molecule is C=C(OC(C)(C)C)C(NCc1ccc(C)cc1)c1ccccc1.CC. The molecule has 25 heavy (non-hydrogen) atoms. The van der Waals surface area contributed by atoms with Crippen LogP contribution in [0.2, 0.25) is 0 Å². The Morgan fingerprint density at radius 3 is 2.08 bits per heavy atom. The molecule has 2 rings (SSSR count). The molecule has 0 saturated carbocycles. The second-order valence-corrected chi connectivity index (χ2v) is 6.89. The van der Waals surface area contributed by atoms with Crippen LogP contribution in [-0.2, 0) is 11.3 Å². The van der Waals surface area contributed by atoms with E-state index in [-0.39, 0.29) is 11.6 Å². The normalized spacial score (nSPS) is 11.9. The van der Waals surface area contributed by atoms with Crippen molar-refractivity contribution < 1.29 is 4.74 Å². The minimum absolute atomic E-state index is 0.0308. The Hall–Kier alpha value is -2.06. The summed E-state index contributed by atoms with van der Waals surface area (Å²) in [6.45, 7) is 17.2. The smallest absolute Gasteiger partial charge is 0.111 e. The molecule has 0 spiro atoms. The zero-order valence-corrected chi connectivity index (χ0v) is 16.6. The van der Waals surface area contributed by atoms with Crippen molar-refractivity contribution >= 4 is 0 Å². The van der Waals surface area contributed by atoms with Gasteiger partial charge in [0.2, 0.25) is 0 Å². The molecule has 2 aromatic carbocycles. The molecule has 0 fully saturated rings. The molecule has 0 aliphatic rings. The van der Waals surface area contributed by atoms with Gasteiger partial charge in [-0.2, -0.15) is 0 Å². The highest BCUT2D eigenvalue weighted by Gasteiger charge is 2.21. The van der Waals surface area contributed by atoms with Crippen LogP contribution < -0.4 is 5.32 Å². The zero-order chi connectivity index (χ0) is 18.9. The van der Waals surface area contributed by atoms with E-state index in [9.17, 15) is 0 Å². The average molecular weight is 340 g/mol. The lowest BCUT2D eigenvalue weighted by Gasteiger charge is -2.29. The molecule has 136 valence electrons. The lowest BCUT2D eigenvalue weighted by molar-refractivity contribution is 0.0397. The molecule has 0 heterocycles. The Kier molecular flexibility index (Phi) is 8.44. The van der Waals surface area contributed by atoms with Crippen molar-refractivity contribution in [3.63, 3.8) is 0 Å². The van der Waals surface area contributed by atoms with Crippen molar-refractivity contribution in [2.45, 2.75) is 59.7 Å². The van der Waals surface area contributed by atoms with Crippen molar-refractivity contribution in [1.82, 2.24) is 5.32 Å². The molecule has 0 bridgehead atoms. The third-order valence-corrected chi connectivity index (χ3v) is 3.52. The molecule has 0 aromatic heterocycles. The van der Waals surface area contributed by atoms with Gasteiger partial charge >= 0.3 is 0 Å². The fraction of sp³-hybridized carbons (Fsp3) is 0.391. The number of rotatable bonds is 6. The van der Waals surface area contributed by atoms with Crippen LogP contribution in [0.4, 0.5) is 0 Å². The second kappa shape index (κ2) is 10.0. The van der Waals surface area contributed by atoms with E-state index in [1.54, 1.807) is 0 Å². The number of ether oxygens (including phenoxy) is 1. The fourth-order valence-electron chi connectivity index (χ4n) is 2.44. The van der Waals surface area contributed by atoms with Crippen LogP contribution in [0.3, 0.4) is 0 Å². The molecule has 1 N–H and O–H groups in total. The monoisotopic (exact) mass is 339 g/mol. The van der Waals surface area contributed by atoms with Crippen LogP contribution in [0, 0.1) is 6.92 Å². The van der Waals surface area contributed by atoms with Gasteiger partial charge in [-0.3, -0.25) is 5.32 Å². The Bertz CT molecular complexity index is 623. The molecule has 0 radical (unpaired) electrons. The van der Waals surface area contributed by atoms with Gasteiger partial charge in [0.1, 0.15) is 11.4 Å². The van der Waals surface area contributed by atoms with Crippen LogP contribution in [-0.4, -0.2) is 5.60 Å². The van der Waals surface area contributed by atoms with Crippen LogP contribution in [0.5, 0.6) is 0 Å². The van der Waals surface area contributed by atoms with E-state index in [4.69, 9.17) is 4.74 Å². The molecular weight excluding hydrogens is 306 g/mol. The highest BCUT2D eigenvalue weighted by Crippen LogP contribution is 2.26. The van der Waals surface area contributed by atoms with Gasteiger partial charge in [0, 0.05) is 6.54 Å². The molecule has 0 amide bonds. The topological polar surface area (TPSA) is 21.3 Å². The van der Waals surface area contributed by atoms with E-state index in [0.717, 1.165) is 17.9 Å². The van der Waals surface area contributed by atoms with E-state index in [0.29, 0.717) is 0 Å². The summed E-state index contributed by atoms with van der Waals surface area (Å²) >= 11 is 0. The lowest BCUT2D eigenvalue weighted by atomic mass is 10.0.